The predicted octanol–water partition coefficient (Wildman–Crippen LogP) is 5.28. The molecule has 0 amide bonds. The summed E-state index contributed by atoms with van der Waals surface area (Å²) in [4.78, 5) is 0. The second-order valence-electron chi connectivity index (χ2n) is 4.65. The molecule has 2 aromatic carbocycles. The molecular weight excluding hydrogens is 327 g/mol. The van der Waals surface area contributed by atoms with Crippen molar-refractivity contribution < 1.29 is 4.39 Å². The highest BCUT2D eigenvalue weighted by atomic mass is 79.9. The van der Waals surface area contributed by atoms with Gasteiger partial charge in [-0.15, -0.1) is 0 Å². The monoisotopic (exact) mass is 340 g/mol. The average molecular weight is 342 g/mol. The van der Waals surface area contributed by atoms with E-state index in [9.17, 15) is 4.39 Å². The van der Waals surface area contributed by atoms with Crippen LogP contribution in [-0.4, -0.2) is 5.33 Å². The first-order chi connectivity index (χ1) is 9.19. The van der Waals surface area contributed by atoms with Crippen molar-refractivity contribution in [2.45, 2.75) is 12.8 Å². The summed E-state index contributed by atoms with van der Waals surface area (Å²) in [6, 6.07) is 14.6. The summed E-state index contributed by atoms with van der Waals surface area (Å²) in [7, 11) is 0. The van der Waals surface area contributed by atoms with Crippen molar-refractivity contribution in [3.63, 3.8) is 0 Å². The van der Waals surface area contributed by atoms with Crippen LogP contribution < -0.4 is 0 Å². The average Bonchev–Trinajstić information content (AvgIpc) is 2.43. The number of alkyl halides is 1. The van der Waals surface area contributed by atoms with Crippen LogP contribution in [0.5, 0.6) is 0 Å². The Morgan fingerprint density at radius 1 is 1.00 bits per heavy atom. The van der Waals surface area contributed by atoms with Gasteiger partial charge in [0.15, 0.2) is 0 Å². The molecule has 0 fully saturated rings. The van der Waals surface area contributed by atoms with Crippen molar-refractivity contribution in [3.05, 3.63) is 70.5 Å². The van der Waals surface area contributed by atoms with E-state index in [1.807, 2.05) is 30.3 Å². The molecule has 0 aliphatic rings. The molecule has 0 saturated carbocycles. The molecule has 0 aliphatic heterocycles. The minimum Gasteiger partial charge on any atom is -0.207 e. The van der Waals surface area contributed by atoms with Gasteiger partial charge in [0.05, 0.1) is 0 Å². The van der Waals surface area contributed by atoms with Crippen LogP contribution in [0.25, 0.3) is 0 Å². The van der Waals surface area contributed by atoms with Crippen LogP contribution in [0.4, 0.5) is 4.39 Å². The zero-order valence-electron chi connectivity index (χ0n) is 10.5. The third-order valence-corrected chi connectivity index (χ3v) is 4.41. The molecule has 100 valence electrons. The van der Waals surface area contributed by atoms with E-state index in [-0.39, 0.29) is 5.82 Å². The quantitative estimate of drug-likeness (QED) is 0.649. The van der Waals surface area contributed by atoms with Crippen molar-refractivity contribution in [1.29, 1.82) is 0 Å². The Hall–Kier alpha value is -0.860. The van der Waals surface area contributed by atoms with Crippen molar-refractivity contribution in [1.82, 2.24) is 0 Å². The summed E-state index contributed by atoms with van der Waals surface area (Å²) >= 11 is 9.74. The van der Waals surface area contributed by atoms with Gasteiger partial charge in [-0.3, -0.25) is 0 Å². The Kier molecular flexibility index (Phi) is 5.41. The van der Waals surface area contributed by atoms with Crippen LogP contribution in [0.2, 0.25) is 5.02 Å². The highest BCUT2D eigenvalue weighted by Crippen LogP contribution is 2.22. The first-order valence-corrected chi connectivity index (χ1v) is 7.73. The molecule has 3 heteroatoms. The molecule has 0 nitrogen and oxygen atoms in total. The van der Waals surface area contributed by atoms with Gasteiger partial charge in [0.2, 0.25) is 0 Å². The van der Waals surface area contributed by atoms with Gasteiger partial charge >= 0.3 is 0 Å². The van der Waals surface area contributed by atoms with Crippen LogP contribution in [0.1, 0.15) is 11.1 Å². The molecule has 0 bridgehead atoms. The fourth-order valence-corrected chi connectivity index (χ4v) is 2.78. The summed E-state index contributed by atoms with van der Waals surface area (Å²) in [6.07, 6.45) is 1.83. The molecule has 0 radical (unpaired) electrons. The highest BCUT2D eigenvalue weighted by molar-refractivity contribution is 9.09. The van der Waals surface area contributed by atoms with Crippen LogP contribution in [0.15, 0.2) is 48.5 Å². The second-order valence-corrected chi connectivity index (χ2v) is 5.70. The Labute approximate surface area is 126 Å². The van der Waals surface area contributed by atoms with Gasteiger partial charge in [0.1, 0.15) is 5.82 Å². The Balaban J connectivity index is 2.05. The molecule has 0 heterocycles. The van der Waals surface area contributed by atoms with E-state index < -0.39 is 0 Å². The standard InChI is InChI=1S/C16H15BrClF/c17-11-13(9-12-5-7-15(19)8-6-12)10-14-3-1-2-4-16(14)18/h1-8,13H,9-11H2. The van der Waals surface area contributed by atoms with Gasteiger partial charge in [-0.25, -0.2) is 4.39 Å². The predicted molar refractivity (Wildman–Crippen MR) is 82.5 cm³/mol. The SMILES string of the molecule is Fc1ccc(CC(CBr)Cc2ccccc2Cl)cc1. The number of hydrogen-bond donors (Lipinski definition) is 0. The third-order valence-electron chi connectivity index (χ3n) is 3.12. The maximum atomic E-state index is 12.9. The summed E-state index contributed by atoms with van der Waals surface area (Å²) in [6.45, 7) is 0. The van der Waals surface area contributed by atoms with Crippen molar-refractivity contribution >= 4 is 27.5 Å². The summed E-state index contributed by atoms with van der Waals surface area (Å²) in [5.41, 5.74) is 2.31. The number of rotatable bonds is 5. The number of benzene rings is 2. The molecule has 0 aliphatic carbocycles. The lowest BCUT2D eigenvalue weighted by Crippen LogP contribution is -2.10. The maximum Gasteiger partial charge on any atom is 0.123 e. The van der Waals surface area contributed by atoms with Crippen molar-refractivity contribution in [2.75, 3.05) is 5.33 Å². The molecule has 2 rings (SSSR count). The van der Waals surface area contributed by atoms with E-state index in [4.69, 9.17) is 11.6 Å². The van der Waals surface area contributed by atoms with Crippen LogP contribution in [0.3, 0.4) is 0 Å². The number of halogens is 3. The van der Waals surface area contributed by atoms with Gasteiger partial charge in [-0.2, -0.15) is 0 Å². The largest absolute Gasteiger partial charge is 0.207 e. The maximum absolute atomic E-state index is 12.9. The summed E-state index contributed by atoms with van der Waals surface area (Å²) in [5, 5.41) is 1.71. The highest BCUT2D eigenvalue weighted by Gasteiger charge is 2.11. The van der Waals surface area contributed by atoms with E-state index in [0.717, 1.165) is 34.3 Å². The molecular formula is C16H15BrClF. The van der Waals surface area contributed by atoms with Gasteiger partial charge in [-0.05, 0) is 48.1 Å². The Bertz CT molecular complexity index is 525. The first kappa shape index (κ1) is 14.5. The molecule has 1 unspecified atom stereocenters. The van der Waals surface area contributed by atoms with E-state index in [1.54, 1.807) is 0 Å². The molecule has 2 aromatic rings. The number of hydrogen-bond acceptors (Lipinski definition) is 0. The first-order valence-electron chi connectivity index (χ1n) is 6.23. The third kappa shape index (κ3) is 4.32. The second kappa shape index (κ2) is 7.06. The van der Waals surface area contributed by atoms with E-state index in [1.165, 1.54) is 12.1 Å². The molecule has 1 atom stereocenters. The summed E-state index contributed by atoms with van der Waals surface area (Å²) in [5.74, 6) is 0.260. The lowest BCUT2D eigenvalue weighted by atomic mass is 9.94. The minimum atomic E-state index is -0.190. The van der Waals surface area contributed by atoms with Gasteiger partial charge in [0, 0.05) is 10.4 Å². The van der Waals surface area contributed by atoms with Crippen molar-refractivity contribution in [3.8, 4) is 0 Å². The molecule has 0 aromatic heterocycles. The van der Waals surface area contributed by atoms with Gasteiger partial charge in [0.25, 0.3) is 0 Å². The smallest absolute Gasteiger partial charge is 0.123 e. The zero-order valence-corrected chi connectivity index (χ0v) is 12.8. The normalized spacial score (nSPS) is 12.4. The van der Waals surface area contributed by atoms with E-state index in [2.05, 4.69) is 22.0 Å². The fourth-order valence-electron chi connectivity index (χ4n) is 2.11. The van der Waals surface area contributed by atoms with E-state index >= 15 is 0 Å². The summed E-state index contributed by atoms with van der Waals surface area (Å²) < 4.78 is 12.9. The fraction of sp³-hybridized carbons (Fsp3) is 0.250. The lowest BCUT2D eigenvalue weighted by molar-refractivity contribution is 0.588. The molecule has 0 spiro atoms. The van der Waals surface area contributed by atoms with E-state index in [0.29, 0.717) is 5.92 Å². The van der Waals surface area contributed by atoms with Crippen LogP contribution in [-0.2, 0) is 12.8 Å². The van der Waals surface area contributed by atoms with Gasteiger partial charge < -0.3 is 0 Å². The molecule has 0 N–H and O–H groups in total. The van der Waals surface area contributed by atoms with Crippen LogP contribution >= 0.6 is 27.5 Å². The topological polar surface area (TPSA) is 0 Å². The lowest BCUT2D eigenvalue weighted by Gasteiger charge is -2.15. The Morgan fingerprint density at radius 2 is 1.68 bits per heavy atom. The molecule has 0 saturated heterocycles. The zero-order chi connectivity index (χ0) is 13.7. The molecule has 19 heavy (non-hydrogen) atoms. The van der Waals surface area contributed by atoms with Crippen molar-refractivity contribution in [2.24, 2.45) is 5.92 Å². The van der Waals surface area contributed by atoms with Crippen LogP contribution in [0, 0.1) is 11.7 Å². The minimum absolute atomic E-state index is 0.190. The van der Waals surface area contributed by atoms with Gasteiger partial charge in [-0.1, -0.05) is 57.9 Å². The Morgan fingerprint density at radius 3 is 2.32 bits per heavy atom.